The molecule has 144 valence electrons. The number of esters is 1. The first kappa shape index (κ1) is 19.4. The van der Waals surface area contributed by atoms with Crippen LogP contribution in [0.4, 0.5) is 5.69 Å². The molecule has 6 nitrogen and oxygen atoms in total. The summed E-state index contributed by atoms with van der Waals surface area (Å²) in [4.78, 5) is 36.1. The van der Waals surface area contributed by atoms with E-state index in [0.717, 1.165) is 19.3 Å². The van der Waals surface area contributed by atoms with Crippen LogP contribution in [-0.2, 0) is 16.0 Å². The number of para-hydroxylation sites is 1. The molecule has 0 unspecified atom stereocenters. The minimum absolute atomic E-state index is 0.244. The van der Waals surface area contributed by atoms with E-state index in [1.54, 1.807) is 24.3 Å². The molecule has 0 spiro atoms. The van der Waals surface area contributed by atoms with E-state index in [-0.39, 0.29) is 5.56 Å². The van der Waals surface area contributed by atoms with Crippen molar-refractivity contribution in [2.24, 2.45) is 0 Å². The van der Waals surface area contributed by atoms with Crippen LogP contribution in [0, 0.1) is 0 Å². The van der Waals surface area contributed by atoms with E-state index in [2.05, 4.69) is 12.2 Å². The summed E-state index contributed by atoms with van der Waals surface area (Å²) in [5, 5.41) is 3.26. The molecule has 1 heterocycles. The largest absolute Gasteiger partial charge is 0.452 e. The predicted molar refractivity (Wildman–Crippen MR) is 106 cm³/mol. The van der Waals surface area contributed by atoms with Crippen LogP contribution in [0.2, 0.25) is 0 Å². The van der Waals surface area contributed by atoms with Gasteiger partial charge in [-0.2, -0.15) is 0 Å². The van der Waals surface area contributed by atoms with Gasteiger partial charge in [0.05, 0.1) is 0 Å². The Kier molecular flexibility index (Phi) is 6.22. The van der Waals surface area contributed by atoms with Gasteiger partial charge in [0, 0.05) is 11.1 Å². The van der Waals surface area contributed by atoms with Crippen LogP contribution in [0.1, 0.15) is 35.7 Å². The van der Waals surface area contributed by atoms with Crippen molar-refractivity contribution in [2.45, 2.75) is 26.2 Å². The Hall–Kier alpha value is -3.41. The fourth-order valence-electron chi connectivity index (χ4n) is 2.75. The number of rotatable bonds is 7. The lowest BCUT2D eigenvalue weighted by atomic mass is 10.1. The van der Waals surface area contributed by atoms with Gasteiger partial charge in [0.15, 0.2) is 6.61 Å². The second-order valence-corrected chi connectivity index (χ2v) is 6.41. The van der Waals surface area contributed by atoms with E-state index in [9.17, 15) is 14.4 Å². The van der Waals surface area contributed by atoms with Crippen molar-refractivity contribution in [3.8, 4) is 0 Å². The number of hydrogen-bond donors (Lipinski definition) is 1. The highest BCUT2D eigenvalue weighted by molar-refractivity contribution is 5.96. The lowest BCUT2D eigenvalue weighted by Crippen LogP contribution is -2.23. The number of ether oxygens (including phenoxy) is 1. The smallest absolute Gasteiger partial charge is 0.351 e. The zero-order valence-electron chi connectivity index (χ0n) is 15.6. The third-order valence-corrected chi connectivity index (χ3v) is 4.25. The first-order valence-corrected chi connectivity index (χ1v) is 9.15. The lowest BCUT2D eigenvalue weighted by molar-refractivity contribution is -0.119. The maximum absolute atomic E-state index is 12.1. The van der Waals surface area contributed by atoms with Crippen LogP contribution in [0.25, 0.3) is 11.0 Å². The Morgan fingerprint density at radius 2 is 1.82 bits per heavy atom. The van der Waals surface area contributed by atoms with Crippen molar-refractivity contribution < 1.29 is 18.7 Å². The molecule has 2 aromatic carbocycles. The molecule has 0 radical (unpaired) electrons. The number of nitrogens with one attached hydrogen (secondary N) is 1. The third kappa shape index (κ3) is 4.85. The number of amides is 1. The molecule has 0 saturated heterocycles. The van der Waals surface area contributed by atoms with Crippen molar-refractivity contribution in [1.82, 2.24) is 0 Å². The van der Waals surface area contributed by atoms with E-state index >= 15 is 0 Å². The molecule has 0 aliphatic heterocycles. The SMILES string of the molecule is CCCCc1ccc(NC(=O)COC(=O)c2cc3ccccc3oc2=O)cc1. The topological polar surface area (TPSA) is 85.6 Å². The van der Waals surface area contributed by atoms with Gasteiger partial charge in [0.1, 0.15) is 11.1 Å². The van der Waals surface area contributed by atoms with Gasteiger partial charge in [-0.25, -0.2) is 9.59 Å². The summed E-state index contributed by atoms with van der Waals surface area (Å²) in [6, 6.07) is 15.8. The minimum Gasteiger partial charge on any atom is -0.452 e. The highest BCUT2D eigenvalue weighted by Crippen LogP contribution is 2.14. The molecule has 1 aromatic heterocycles. The zero-order valence-corrected chi connectivity index (χ0v) is 15.6. The molecule has 0 saturated carbocycles. The summed E-state index contributed by atoms with van der Waals surface area (Å²) in [7, 11) is 0. The molecule has 28 heavy (non-hydrogen) atoms. The number of hydrogen-bond acceptors (Lipinski definition) is 5. The van der Waals surface area contributed by atoms with Gasteiger partial charge in [-0.05, 0) is 42.7 Å². The molecule has 1 amide bonds. The van der Waals surface area contributed by atoms with Crippen LogP contribution >= 0.6 is 0 Å². The number of aryl methyl sites for hydroxylation is 1. The number of anilines is 1. The molecule has 1 N–H and O–H groups in total. The zero-order chi connectivity index (χ0) is 19.9. The predicted octanol–water partition coefficient (Wildman–Crippen LogP) is 3.93. The van der Waals surface area contributed by atoms with Crippen LogP contribution in [0.15, 0.2) is 63.8 Å². The number of carbonyl (C=O) groups is 2. The van der Waals surface area contributed by atoms with Gasteiger partial charge in [0.25, 0.3) is 5.91 Å². The van der Waals surface area contributed by atoms with E-state index in [4.69, 9.17) is 9.15 Å². The third-order valence-electron chi connectivity index (χ3n) is 4.25. The van der Waals surface area contributed by atoms with E-state index in [1.165, 1.54) is 11.6 Å². The normalized spacial score (nSPS) is 10.6. The Balaban J connectivity index is 1.57. The summed E-state index contributed by atoms with van der Waals surface area (Å²) in [5.41, 5.74) is 1.16. The molecular formula is C22H21NO5. The molecule has 6 heteroatoms. The van der Waals surface area contributed by atoms with Gasteiger partial charge in [-0.15, -0.1) is 0 Å². The molecule has 0 bridgehead atoms. The number of carbonyl (C=O) groups excluding carboxylic acids is 2. The van der Waals surface area contributed by atoms with E-state index in [0.29, 0.717) is 16.7 Å². The number of unbranched alkanes of at least 4 members (excludes halogenated alkanes) is 1. The van der Waals surface area contributed by atoms with Crippen LogP contribution < -0.4 is 10.9 Å². The summed E-state index contributed by atoms with van der Waals surface area (Å²) >= 11 is 0. The van der Waals surface area contributed by atoms with Crippen molar-refractivity contribution in [2.75, 3.05) is 11.9 Å². The van der Waals surface area contributed by atoms with E-state index in [1.807, 2.05) is 24.3 Å². The second-order valence-electron chi connectivity index (χ2n) is 6.41. The average molecular weight is 379 g/mol. The quantitative estimate of drug-likeness (QED) is 0.497. The highest BCUT2D eigenvalue weighted by atomic mass is 16.5. The molecule has 3 rings (SSSR count). The van der Waals surface area contributed by atoms with Crippen LogP contribution in [0.5, 0.6) is 0 Å². The monoisotopic (exact) mass is 379 g/mol. The van der Waals surface area contributed by atoms with Gasteiger partial charge in [0.2, 0.25) is 0 Å². The first-order valence-electron chi connectivity index (χ1n) is 9.15. The fraction of sp³-hybridized carbons (Fsp3) is 0.227. The number of fused-ring (bicyclic) bond motifs is 1. The van der Waals surface area contributed by atoms with Crippen molar-refractivity contribution in [3.63, 3.8) is 0 Å². The molecule has 3 aromatic rings. The van der Waals surface area contributed by atoms with Crippen LogP contribution in [-0.4, -0.2) is 18.5 Å². The fourth-order valence-corrected chi connectivity index (χ4v) is 2.75. The van der Waals surface area contributed by atoms with Gasteiger partial charge >= 0.3 is 11.6 Å². The molecular weight excluding hydrogens is 358 g/mol. The Bertz CT molecular complexity index is 1040. The van der Waals surface area contributed by atoms with Crippen molar-refractivity contribution >= 4 is 28.5 Å². The minimum atomic E-state index is -0.899. The van der Waals surface area contributed by atoms with Crippen molar-refractivity contribution in [3.05, 3.63) is 76.1 Å². The van der Waals surface area contributed by atoms with E-state index < -0.39 is 24.1 Å². The molecule has 0 fully saturated rings. The van der Waals surface area contributed by atoms with Gasteiger partial charge in [-0.3, -0.25) is 4.79 Å². The maximum atomic E-state index is 12.1. The average Bonchev–Trinajstić information content (AvgIpc) is 2.71. The standard InChI is InChI=1S/C22H21NO5/c1-2-3-6-15-9-11-17(12-10-15)23-20(24)14-27-21(25)18-13-16-7-4-5-8-19(16)28-22(18)26/h4-5,7-13H,2-3,6,14H2,1H3,(H,23,24). The molecule has 0 atom stereocenters. The lowest BCUT2D eigenvalue weighted by Gasteiger charge is -2.07. The Morgan fingerprint density at radius 1 is 1.07 bits per heavy atom. The van der Waals surface area contributed by atoms with Crippen LogP contribution in [0.3, 0.4) is 0 Å². The molecule has 0 aliphatic rings. The summed E-state index contributed by atoms with van der Waals surface area (Å²) < 4.78 is 10.1. The van der Waals surface area contributed by atoms with Gasteiger partial charge in [-0.1, -0.05) is 43.7 Å². The summed E-state index contributed by atoms with van der Waals surface area (Å²) in [6.07, 6.45) is 3.24. The highest BCUT2D eigenvalue weighted by Gasteiger charge is 2.16. The summed E-state index contributed by atoms with van der Waals surface area (Å²) in [5.74, 6) is -1.38. The van der Waals surface area contributed by atoms with Gasteiger partial charge < -0.3 is 14.5 Å². The first-order chi connectivity index (χ1) is 13.6. The maximum Gasteiger partial charge on any atom is 0.351 e. The number of benzene rings is 2. The Labute approximate surface area is 162 Å². The van der Waals surface area contributed by atoms with Crippen molar-refractivity contribution in [1.29, 1.82) is 0 Å². The summed E-state index contributed by atoms with van der Waals surface area (Å²) in [6.45, 7) is 1.64. The second kappa shape index (κ2) is 8.99. The Morgan fingerprint density at radius 3 is 2.57 bits per heavy atom. The molecule has 0 aliphatic carbocycles.